The standard InChI is InChI=1S/C35H27N2O.C17H22GeN.Ir/c1-35(2,3)28-19-12-16-24(23-13-5-4-6-14-23)32(28)37-30-21-9-8-20-29(30)36-34(37)27-18-11-17-26-25-15-7-10-22-31(25)38-33(26)27;1-13(2)15-11-17(14-9-7-6-8-10-14)19-12-16(15)18(3,4)5;/h4-17,19-22H,1-3H3;6-9,11-13H,1-5H3;/q2*-1;/i;13D;. The smallest absolute Gasteiger partial charge is 0 e. The minimum Gasteiger partial charge on any atom is 0 e. The largest absolute Gasteiger partial charge is 0 e. The molecule has 9 aromatic rings. The second kappa shape index (κ2) is 16.7. The van der Waals surface area contributed by atoms with Crippen LogP contribution < -0.4 is 4.40 Å². The molecule has 0 unspecified atom stereocenters. The Hall–Kier alpha value is -5.07. The Kier molecular flexibility index (Phi) is 11.4. The predicted molar refractivity (Wildman–Crippen MR) is 242 cm³/mol. The summed E-state index contributed by atoms with van der Waals surface area (Å²) >= 11 is -2.03. The number of nitrogens with zero attached hydrogens (tertiary/aromatic N) is 3. The number of pyridine rings is 1. The van der Waals surface area contributed by atoms with Crippen molar-refractivity contribution < 1.29 is 25.9 Å². The monoisotopic (exact) mass is 999 g/mol. The summed E-state index contributed by atoms with van der Waals surface area (Å²) in [5.41, 5.74) is 12.2. The van der Waals surface area contributed by atoms with E-state index >= 15 is 0 Å². The fourth-order valence-corrected chi connectivity index (χ4v) is 11.0. The second-order valence-electron chi connectivity index (χ2n) is 16.9. The van der Waals surface area contributed by atoms with Gasteiger partial charge in [-0.15, -0.1) is 18.2 Å². The number of hydrogen-bond acceptors (Lipinski definition) is 3. The van der Waals surface area contributed by atoms with E-state index in [0.717, 1.165) is 66.9 Å². The van der Waals surface area contributed by atoms with Gasteiger partial charge in [-0.1, -0.05) is 111 Å². The summed E-state index contributed by atoms with van der Waals surface area (Å²) in [4.78, 5) is 9.83. The number of fused-ring (bicyclic) bond motifs is 4. The van der Waals surface area contributed by atoms with Crippen molar-refractivity contribution >= 4 is 50.6 Å². The van der Waals surface area contributed by atoms with Crippen molar-refractivity contribution in [2.45, 2.75) is 63.2 Å². The van der Waals surface area contributed by atoms with E-state index in [9.17, 15) is 0 Å². The Balaban J connectivity index is 0.000000214. The quantitative estimate of drug-likeness (QED) is 0.123. The van der Waals surface area contributed by atoms with Crippen molar-refractivity contribution in [3.05, 3.63) is 169 Å². The molecule has 6 aromatic carbocycles. The third kappa shape index (κ3) is 8.01. The third-order valence-corrected chi connectivity index (χ3v) is 14.7. The van der Waals surface area contributed by atoms with Gasteiger partial charge in [0.2, 0.25) is 0 Å². The topological polar surface area (TPSA) is 43.9 Å². The summed E-state index contributed by atoms with van der Waals surface area (Å²) in [6.45, 7) is 10.7. The zero-order chi connectivity index (χ0) is 40.8. The van der Waals surface area contributed by atoms with E-state index in [1.807, 2.05) is 68.6 Å². The first-order chi connectivity index (χ1) is 27.7. The minimum atomic E-state index is -2.03. The maximum atomic E-state index is 8.44. The molecule has 0 saturated heterocycles. The summed E-state index contributed by atoms with van der Waals surface area (Å²) in [5, 5.41) is 2.17. The molecular formula is C52H49GeIrN3O-2. The van der Waals surface area contributed by atoms with Gasteiger partial charge in [-0.25, -0.2) is 0 Å². The van der Waals surface area contributed by atoms with E-state index in [4.69, 9.17) is 10.8 Å². The predicted octanol–water partition coefficient (Wildman–Crippen LogP) is 13.6. The Labute approximate surface area is 360 Å². The van der Waals surface area contributed by atoms with Crippen molar-refractivity contribution in [2.24, 2.45) is 0 Å². The average Bonchev–Trinajstić information content (AvgIpc) is 3.79. The number of benzene rings is 6. The first-order valence-electron chi connectivity index (χ1n) is 20.2. The Morgan fingerprint density at radius 1 is 0.759 bits per heavy atom. The van der Waals surface area contributed by atoms with Crippen molar-refractivity contribution in [3.63, 3.8) is 0 Å². The molecule has 0 atom stereocenters. The van der Waals surface area contributed by atoms with Crippen LogP contribution in [0.15, 0.2) is 150 Å². The Morgan fingerprint density at radius 2 is 1.48 bits per heavy atom. The van der Waals surface area contributed by atoms with Crippen LogP contribution in [0.1, 0.15) is 53.0 Å². The van der Waals surface area contributed by atoms with Crippen LogP contribution in [0.4, 0.5) is 0 Å². The molecule has 3 aromatic heterocycles. The molecular weight excluding hydrogens is 947 g/mol. The maximum Gasteiger partial charge on any atom is 0 e. The summed E-state index contributed by atoms with van der Waals surface area (Å²) in [6, 6.07) is 54.5. The maximum absolute atomic E-state index is 8.44. The molecule has 0 amide bonds. The first-order valence-corrected chi connectivity index (χ1v) is 27.0. The minimum absolute atomic E-state index is 0. The van der Waals surface area contributed by atoms with Crippen molar-refractivity contribution in [2.75, 3.05) is 0 Å². The molecule has 9 rings (SSSR count). The molecule has 0 bridgehead atoms. The van der Waals surface area contributed by atoms with Gasteiger partial charge in [0.15, 0.2) is 0 Å². The van der Waals surface area contributed by atoms with Crippen LogP contribution in [0, 0.1) is 12.1 Å². The number of para-hydroxylation sites is 4. The molecule has 293 valence electrons. The van der Waals surface area contributed by atoms with Gasteiger partial charge in [-0.3, -0.25) is 4.98 Å². The van der Waals surface area contributed by atoms with Crippen LogP contribution in [0.2, 0.25) is 17.3 Å². The van der Waals surface area contributed by atoms with Crippen LogP contribution >= 0.6 is 0 Å². The summed E-state index contributed by atoms with van der Waals surface area (Å²) in [5.74, 6) is 7.27. The fraction of sp³-hybridized carbons (Fsp3) is 0.192. The van der Waals surface area contributed by atoms with Gasteiger partial charge in [0.25, 0.3) is 0 Å². The fourth-order valence-electron chi connectivity index (χ4n) is 7.68. The van der Waals surface area contributed by atoms with Gasteiger partial charge < -0.3 is 8.98 Å². The summed E-state index contributed by atoms with van der Waals surface area (Å²) in [6.07, 6.45) is 2.00. The summed E-state index contributed by atoms with van der Waals surface area (Å²) in [7, 11) is 0. The van der Waals surface area contributed by atoms with Crippen molar-refractivity contribution in [3.8, 4) is 39.5 Å². The number of furan rings is 1. The van der Waals surface area contributed by atoms with E-state index in [1.54, 1.807) is 0 Å². The van der Waals surface area contributed by atoms with E-state index in [1.165, 1.54) is 21.1 Å². The summed E-state index contributed by atoms with van der Waals surface area (Å²) < 4.78 is 18.5. The number of hydrogen-bond donors (Lipinski definition) is 0. The van der Waals surface area contributed by atoms with Gasteiger partial charge in [0.1, 0.15) is 5.58 Å². The molecule has 0 N–H and O–H groups in total. The molecule has 0 aliphatic heterocycles. The molecule has 0 aliphatic carbocycles. The molecule has 3 heterocycles. The zero-order valence-corrected chi connectivity index (χ0v) is 38.9. The van der Waals surface area contributed by atoms with Crippen LogP contribution in [0.25, 0.3) is 72.4 Å². The molecule has 0 aliphatic rings. The number of rotatable bonds is 6. The average molecular weight is 998 g/mol. The van der Waals surface area contributed by atoms with Crippen LogP contribution in [0.5, 0.6) is 0 Å². The van der Waals surface area contributed by atoms with Gasteiger partial charge in [-0.2, -0.15) is 0 Å². The Morgan fingerprint density at radius 3 is 2.21 bits per heavy atom. The van der Waals surface area contributed by atoms with Crippen molar-refractivity contribution in [1.82, 2.24) is 14.5 Å². The SMILES string of the molecule is CC(C)(C)c1cccc(-c2ccccc2)c1-n1c(-c2[c-]ccc3c2oc2ccccc23)nc2ccccc21.[2H]C(C)(C)c1cc(-c2[c-]cccc2)nc[c]1[Ge]([CH3])([CH3])[CH3].[Ir]. The molecule has 0 saturated carbocycles. The van der Waals surface area contributed by atoms with E-state index in [0.29, 0.717) is 0 Å². The number of imidazole rings is 1. The molecule has 58 heavy (non-hydrogen) atoms. The van der Waals surface area contributed by atoms with Crippen LogP contribution in [-0.2, 0) is 25.5 Å². The van der Waals surface area contributed by atoms with E-state index in [2.05, 4.69) is 151 Å². The number of aromatic nitrogens is 3. The second-order valence-corrected chi connectivity index (χ2v) is 27.5. The van der Waals surface area contributed by atoms with Gasteiger partial charge in [0, 0.05) is 31.1 Å². The van der Waals surface area contributed by atoms with Gasteiger partial charge in [0.05, 0.1) is 28.1 Å². The van der Waals surface area contributed by atoms with E-state index < -0.39 is 19.2 Å². The third-order valence-electron chi connectivity index (χ3n) is 10.5. The zero-order valence-electron chi connectivity index (χ0n) is 35.4. The molecule has 0 fully saturated rings. The van der Waals surface area contributed by atoms with E-state index in [-0.39, 0.29) is 25.5 Å². The Bertz CT molecular complexity index is 2900. The van der Waals surface area contributed by atoms with Gasteiger partial charge in [-0.05, 0) is 34.7 Å². The van der Waals surface area contributed by atoms with Gasteiger partial charge >= 0.3 is 120 Å². The molecule has 6 heteroatoms. The molecule has 1 radical (unpaired) electrons. The van der Waals surface area contributed by atoms with Crippen molar-refractivity contribution in [1.29, 1.82) is 0 Å². The normalized spacial score (nSPS) is 12.2. The first kappa shape index (κ1) is 39.7. The van der Waals surface area contributed by atoms with Crippen LogP contribution in [-0.4, -0.2) is 27.8 Å². The molecule has 0 spiro atoms. The van der Waals surface area contributed by atoms with Crippen LogP contribution in [0.3, 0.4) is 0 Å². The molecule has 4 nitrogen and oxygen atoms in total.